The van der Waals surface area contributed by atoms with Gasteiger partial charge in [0.05, 0.1) is 53.3 Å². The first-order valence-corrected chi connectivity index (χ1v) is 6.84. The van der Waals surface area contributed by atoms with Crippen molar-refractivity contribution in [1.82, 2.24) is 0 Å². The second kappa shape index (κ2) is 10.4. The van der Waals surface area contributed by atoms with Gasteiger partial charge in [-0.25, -0.2) is 0 Å². The molecule has 1 atom stereocenters. The molecular formula is C15H25NO5. The summed E-state index contributed by atoms with van der Waals surface area (Å²) in [6, 6.07) is 5.25. The second-order valence-electron chi connectivity index (χ2n) is 4.39. The maximum atomic E-state index is 6.14. The van der Waals surface area contributed by atoms with Gasteiger partial charge in [0.2, 0.25) is 0 Å². The van der Waals surface area contributed by atoms with Crippen LogP contribution in [0.15, 0.2) is 18.2 Å². The Morgan fingerprint density at radius 3 is 2.33 bits per heavy atom. The van der Waals surface area contributed by atoms with E-state index >= 15 is 0 Å². The third-order valence-corrected chi connectivity index (χ3v) is 2.94. The Balaban J connectivity index is 2.38. The zero-order chi connectivity index (χ0) is 15.5. The van der Waals surface area contributed by atoms with Gasteiger partial charge in [-0.2, -0.15) is 0 Å². The van der Waals surface area contributed by atoms with Crippen molar-refractivity contribution in [2.24, 2.45) is 5.73 Å². The summed E-state index contributed by atoms with van der Waals surface area (Å²) in [4.78, 5) is 0. The standard InChI is InChI=1S/C15H25NO5/c1-17-6-7-20-8-9-21-11-14(16)13-10-12(18-2)4-5-15(13)19-3/h4-5,10,14H,6-9,11,16H2,1-3H3. The maximum absolute atomic E-state index is 6.14. The molecule has 0 aromatic heterocycles. The molecule has 0 aliphatic heterocycles. The number of hydrogen-bond acceptors (Lipinski definition) is 6. The average molecular weight is 299 g/mol. The van der Waals surface area contributed by atoms with Crippen LogP contribution >= 0.6 is 0 Å². The van der Waals surface area contributed by atoms with Crippen LogP contribution in [0.2, 0.25) is 0 Å². The topological polar surface area (TPSA) is 72.2 Å². The highest BCUT2D eigenvalue weighted by molar-refractivity contribution is 5.42. The summed E-state index contributed by atoms with van der Waals surface area (Å²) < 4.78 is 26.2. The number of benzene rings is 1. The zero-order valence-corrected chi connectivity index (χ0v) is 13.0. The predicted octanol–water partition coefficient (Wildman–Crippen LogP) is 1.38. The van der Waals surface area contributed by atoms with E-state index in [9.17, 15) is 0 Å². The van der Waals surface area contributed by atoms with Crippen LogP contribution in [0.25, 0.3) is 0 Å². The van der Waals surface area contributed by atoms with Crippen LogP contribution in [0.4, 0.5) is 0 Å². The molecule has 1 unspecified atom stereocenters. The Kier molecular flexibility index (Phi) is 8.77. The third-order valence-electron chi connectivity index (χ3n) is 2.94. The molecule has 6 heteroatoms. The van der Waals surface area contributed by atoms with E-state index in [4.69, 9.17) is 29.4 Å². The fourth-order valence-electron chi connectivity index (χ4n) is 1.79. The summed E-state index contributed by atoms with van der Waals surface area (Å²) in [5.74, 6) is 1.47. The summed E-state index contributed by atoms with van der Waals surface area (Å²) in [6.07, 6.45) is 0. The van der Waals surface area contributed by atoms with E-state index in [2.05, 4.69) is 0 Å². The van der Waals surface area contributed by atoms with Crippen LogP contribution in [0.5, 0.6) is 11.5 Å². The highest BCUT2D eigenvalue weighted by Gasteiger charge is 2.13. The molecule has 0 saturated carbocycles. The SMILES string of the molecule is COCCOCCOCC(N)c1cc(OC)ccc1OC. The van der Waals surface area contributed by atoms with Gasteiger partial charge in [-0.05, 0) is 18.2 Å². The minimum Gasteiger partial charge on any atom is -0.497 e. The molecule has 0 amide bonds. The minimum atomic E-state index is -0.283. The van der Waals surface area contributed by atoms with Crippen molar-refractivity contribution in [1.29, 1.82) is 0 Å². The van der Waals surface area contributed by atoms with Crippen LogP contribution < -0.4 is 15.2 Å². The number of rotatable bonds is 11. The lowest BCUT2D eigenvalue weighted by atomic mass is 10.1. The summed E-state index contributed by atoms with van der Waals surface area (Å²) in [5, 5.41) is 0. The van der Waals surface area contributed by atoms with Gasteiger partial charge in [-0.3, -0.25) is 0 Å². The van der Waals surface area contributed by atoms with Crippen LogP contribution in [0.3, 0.4) is 0 Å². The van der Waals surface area contributed by atoms with E-state index in [1.54, 1.807) is 21.3 Å². The molecule has 1 aromatic carbocycles. The Morgan fingerprint density at radius 1 is 0.952 bits per heavy atom. The lowest BCUT2D eigenvalue weighted by molar-refractivity contribution is 0.0214. The molecule has 0 radical (unpaired) electrons. The normalized spacial score (nSPS) is 12.2. The summed E-state index contributed by atoms with van der Waals surface area (Å²) in [7, 11) is 4.87. The van der Waals surface area contributed by atoms with Gasteiger partial charge in [0.1, 0.15) is 11.5 Å². The van der Waals surface area contributed by atoms with Crippen LogP contribution in [-0.2, 0) is 14.2 Å². The average Bonchev–Trinajstić information content (AvgIpc) is 2.53. The molecule has 0 aliphatic carbocycles. The maximum Gasteiger partial charge on any atom is 0.123 e. The Labute approximate surface area is 126 Å². The van der Waals surface area contributed by atoms with Gasteiger partial charge in [0.25, 0.3) is 0 Å². The van der Waals surface area contributed by atoms with E-state index < -0.39 is 0 Å². The van der Waals surface area contributed by atoms with Gasteiger partial charge in [0.15, 0.2) is 0 Å². The van der Waals surface area contributed by atoms with Crippen molar-refractivity contribution in [3.63, 3.8) is 0 Å². The van der Waals surface area contributed by atoms with Crippen molar-refractivity contribution < 1.29 is 23.7 Å². The van der Waals surface area contributed by atoms with Crippen molar-refractivity contribution >= 4 is 0 Å². The molecule has 0 heterocycles. The molecule has 1 aromatic rings. The van der Waals surface area contributed by atoms with E-state index in [0.29, 0.717) is 33.0 Å². The summed E-state index contributed by atoms with van der Waals surface area (Å²) >= 11 is 0. The molecule has 2 N–H and O–H groups in total. The molecule has 120 valence electrons. The minimum absolute atomic E-state index is 0.283. The number of nitrogens with two attached hydrogens (primary N) is 1. The summed E-state index contributed by atoms with van der Waals surface area (Å²) in [5.41, 5.74) is 6.99. The van der Waals surface area contributed by atoms with Gasteiger partial charge in [-0.1, -0.05) is 0 Å². The Bertz CT molecular complexity index is 400. The molecule has 0 spiro atoms. The van der Waals surface area contributed by atoms with Crippen LogP contribution in [0.1, 0.15) is 11.6 Å². The second-order valence-corrected chi connectivity index (χ2v) is 4.39. The van der Waals surface area contributed by atoms with Crippen molar-refractivity contribution in [3.8, 4) is 11.5 Å². The highest BCUT2D eigenvalue weighted by atomic mass is 16.5. The van der Waals surface area contributed by atoms with E-state index in [-0.39, 0.29) is 6.04 Å². The molecule has 21 heavy (non-hydrogen) atoms. The first kappa shape index (κ1) is 17.7. The zero-order valence-electron chi connectivity index (χ0n) is 13.0. The number of methoxy groups -OCH3 is 3. The molecule has 0 aliphatic rings. The Morgan fingerprint density at radius 2 is 1.67 bits per heavy atom. The highest BCUT2D eigenvalue weighted by Crippen LogP contribution is 2.28. The van der Waals surface area contributed by atoms with Gasteiger partial charge >= 0.3 is 0 Å². The molecule has 0 saturated heterocycles. The van der Waals surface area contributed by atoms with Crippen LogP contribution in [-0.4, -0.2) is 54.4 Å². The van der Waals surface area contributed by atoms with E-state index in [1.807, 2.05) is 18.2 Å². The number of ether oxygens (including phenoxy) is 5. The van der Waals surface area contributed by atoms with Gasteiger partial charge in [0, 0.05) is 12.7 Å². The predicted molar refractivity (Wildman–Crippen MR) is 80.0 cm³/mol. The summed E-state index contributed by atoms with van der Waals surface area (Å²) in [6.45, 7) is 2.54. The lowest BCUT2D eigenvalue weighted by Crippen LogP contribution is -2.19. The van der Waals surface area contributed by atoms with Gasteiger partial charge < -0.3 is 29.4 Å². The molecule has 0 fully saturated rings. The first-order valence-electron chi connectivity index (χ1n) is 6.84. The Hall–Kier alpha value is -1.34. The van der Waals surface area contributed by atoms with Crippen molar-refractivity contribution in [2.75, 3.05) is 54.4 Å². The van der Waals surface area contributed by atoms with E-state index in [1.165, 1.54) is 0 Å². The smallest absolute Gasteiger partial charge is 0.123 e. The lowest BCUT2D eigenvalue weighted by Gasteiger charge is -2.17. The molecular weight excluding hydrogens is 274 g/mol. The first-order chi connectivity index (χ1) is 10.2. The number of hydrogen-bond donors (Lipinski definition) is 1. The third kappa shape index (κ3) is 6.31. The van der Waals surface area contributed by atoms with Crippen molar-refractivity contribution in [2.45, 2.75) is 6.04 Å². The molecule has 6 nitrogen and oxygen atoms in total. The van der Waals surface area contributed by atoms with Crippen molar-refractivity contribution in [3.05, 3.63) is 23.8 Å². The fraction of sp³-hybridized carbons (Fsp3) is 0.600. The largest absolute Gasteiger partial charge is 0.497 e. The monoisotopic (exact) mass is 299 g/mol. The van der Waals surface area contributed by atoms with Crippen LogP contribution in [0, 0.1) is 0 Å². The molecule has 1 rings (SSSR count). The molecule has 0 bridgehead atoms. The van der Waals surface area contributed by atoms with E-state index in [0.717, 1.165) is 17.1 Å². The quantitative estimate of drug-likeness (QED) is 0.622. The fourth-order valence-corrected chi connectivity index (χ4v) is 1.79. The van der Waals surface area contributed by atoms with Gasteiger partial charge in [-0.15, -0.1) is 0 Å².